The number of fused-ring (bicyclic) bond motifs is 1. The summed E-state index contributed by atoms with van der Waals surface area (Å²) >= 11 is 12.3. The molecule has 1 N–H and O–H groups in total. The van der Waals surface area contributed by atoms with Crippen LogP contribution in [0.1, 0.15) is 11.6 Å². The van der Waals surface area contributed by atoms with Crippen LogP contribution in [0, 0.1) is 16.0 Å². The van der Waals surface area contributed by atoms with E-state index < -0.39 is 34.8 Å². The molecule has 0 saturated carbocycles. The summed E-state index contributed by atoms with van der Waals surface area (Å²) in [6, 6.07) is 15.8. The van der Waals surface area contributed by atoms with Crippen LogP contribution < -0.4 is 9.96 Å². The van der Waals surface area contributed by atoms with Crippen molar-refractivity contribution in [2.45, 2.75) is 12.1 Å². The van der Waals surface area contributed by atoms with Gasteiger partial charge in [0.1, 0.15) is 11.7 Å². The first-order chi connectivity index (χ1) is 16.3. The molecule has 0 aromatic heterocycles. The average molecular weight is 500 g/mol. The third-order valence-electron chi connectivity index (χ3n) is 5.82. The van der Waals surface area contributed by atoms with Crippen molar-refractivity contribution in [3.63, 3.8) is 0 Å². The molecule has 2 heterocycles. The van der Waals surface area contributed by atoms with Gasteiger partial charge in [0.25, 0.3) is 11.6 Å². The first-order valence-electron chi connectivity index (χ1n) is 10.1. The van der Waals surface area contributed by atoms with Gasteiger partial charge in [0, 0.05) is 22.7 Å². The predicted octanol–water partition coefficient (Wildman–Crippen LogP) is 4.66. The van der Waals surface area contributed by atoms with Crippen LogP contribution in [-0.2, 0) is 14.4 Å². The molecular weight excluding hydrogens is 485 g/mol. The zero-order valence-corrected chi connectivity index (χ0v) is 18.7. The fourth-order valence-corrected chi connectivity index (χ4v) is 4.83. The lowest BCUT2D eigenvalue weighted by Crippen LogP contribution is -2.37. The highest BCUT2D eigenvalue weighted by Crippen LogP contribution is 2.51. The van der Waals surface area contributed by atoms with Crippen molar-refractivity contribution in [3.8, 4) is 5.75 Å². The van der Waals surface area contributed by atoms with E-state index in [1.54, 1.807) is 30.3 Å². The van der Waals surface area contributed by atoms with E-state index in [-0.39, 0.29) is 32.7 Å². The molecule has 0 bridgehead atoms. The summed E-state index contributed by atoms with van der Waals surface area (Å²) < 4.78 is 0. The first kappa shape index (κ1) is 22.1. The Bertz CT molecular complexity index is 1320. The fraction of sp³-hybridized carbons (Fsp3) is 0.130. The van der Waals surface area contributed by atoms with E-state index >= 15 is 0 Å². The third kappa shape index (κ3) is 3.45. The number of halogens is 2. The summed E-state index contributed by atoms with van der Waals surface area (Å²) in [7, 11) is 0. The Morgan fingerprint density at radius 1 is 0.941 bits per heavy atom. The number of anilines is 2. The number of rotatable bonds is 4. The van der Waals surface area contributed by atoms with E-state index in [0.29, 0.717) is 5.69 Å². The number of hydroxylamine groups is 1. The molecular formula is C23H15Cl2N3O6. The lowest BCUT2D eigenvalue weighted by atomic mass is 9.90. The second-order valence-electron chi connectivity index (χ2n) is 7.77. The molecule has 2 saturated heterocycles. The number of hydrogen-bond donors (Lipinski definition) is 1. The average Bonchev–Trinajstić information content (AvgIpc) is 3.33. The Morgan fingerprint density at radius 3 is 2.26 bits per heavy atom. The van der Waals surface area contributed by atoms with Crippen LogP contribution in [0.15, 0.2) is 66.7 Å². The normalized spacial score (nSPS) is 21.8. The molecule has 0 unspecified atom stereocenters. The van der Waals surface area contributed by atoms with Crippen molar-refractivity contribution in [3.05, 3.63) is 92.5 Å². The predicted molar refractivity (Wildman–Crippen MR) is 124 cm³/mol. The van der Waals surface area contributed by atoms with Crippen LogP contribution >= 0.6 is 23.2 Å². The van der Waals surface area contributed by atoms with E-state index in [2.05, 4.69) is 0 Å². The Kier molecular flexibility index (Phi) is 5.40. The molecule has 3 aromatic rings. The number of benzene rings is 3. The van der Waals surface area contributed by atoms with E-state index in [1.807, 2.05) is 0 Å². The number of nitro benzene ring substituents is 1. The molecule has 9 nitrogen and oxygen atoms in total. The molecule has 172 valence electrons. The highest BCUT2D eigenvalue weighted by atomic mass is 35.5. The van der Waals surface area contributed by atoms with E-state index in [4.69, 9.17) is 28.0 Å². The molecule has 0 aliphatic carbocycles. The molecule has 5 rings (SSSR count). The maximum Gasteiger partial charge on any atom is 0.269 e. The van der Waals surface area contributed by atoms with Gasteiger partial charge < -0.3 is 5.11 Å². The fourth-order valence-electron chi connectivity index (χ4n) is 4.32. The van der Waals surface area contributed by atoms with Gasteiger partial charge in [0.05, 0.1) is 27.4 Å². The van der Waals surface area contributed by atoms with E-state index in [9.17, 15) is 24.8 Å². The number of nitrogens with zero attached hydrogens (tertiary/aromatic N) is 3. The van der Waals surface area contributed by atoms with E-state index in [1.165, 1.54) is 41.5 Å². The van der Waals surface area contributed by atoms with Crippen LogP contribution in [0.25, 0.3) is 0 Å². The number of phenols is 1. The van der Waals surface area contributed by atoms with Gasteiger partial charge in [0.2, 0.25) is 5.91 Å². The van der Waals surface area contributed by atoms with Crippen LogP contribution in [-0.4, -0.2) is 27.9 Å². The zero-order valence-electron chi connectivity index (χ0n) is 17.2. The minimum absolute atomic E-state index is 0.0111. The third-order valence-corrected chi connectivity index (χ3v) is 6.33. The Labute approximate surface area is 202 Å². The van der Waals surface area contributed by atoms with E-state index in [0.717, 1.165) is 4.90 Å². The van der Waals surface area contributed by atoms with Crippen molar-refractivity contribution < 1.29 is 24.5 Å². The molecule has 11 heteroatoms. The largest absolute Gasteiger partial charge is 0.506 e. The van der Waals surface area contributed by atoms with Gasteiger partial charge in [-0.05, 0) is 36.4 Å². The minimum Gasteiger partial charge on any atom is -0.506 e. The van der Waals surface area contributed by atoms with Crippen molar-refractivity contribution in [2.75, 3.05) is 9.96 Å². The molecule has 0 radical (unpaired) electrons. The van der Waals surface area contributed by atoms with Gasteiger partial charge in [-0.15, -0.1) is 0 Å². The van der Waals surface area contributed by atoms with Gasteiger partial charge in [-0.2, -0.15) is 0 Å². The van der Waals surface area contributed by atoms with Crippen molar-refractivity contribution in [2.24, 2.45) is 5.92 Å². The number of non-ortho nitro benzene ring substituents is 1. The number of para-hydroxylation sites is 1. The van der Waals surface area contributed by atoms with Crippen molar-refractivity contribution >= 4 is 52.1 Å². The summed E-state index contributed by atoms with van der Waals surface area (Å²) in [6.45, 7) is 0. The van der Waals surface area contributed by atoms with Gasteiger partial charge >= 0.3 is 0 Å². The monoisotopic (exact) mass is 499 g/mol. The Balaban J connectivity index is 1.60. The lowest BCUT2D eigenvalue weighted by Gasteiger charge is -2.29. The molecule has 2 aliphatic heterocycles. The standard InChI is InChI=1S/C23H15Cl2N3O6/c24-12-10-16(20(29)17(25)11-12)19-18-21(34-27(19)14-4-2-1-3-5-14)23(31)26(22(18)30)13-6-8-15(9-7-13)28(32)33/h1-11,18-19,21,29H/t18-,19-,21+/m0/s1. The van der Waals surface area contributed by atoms with Gasteiger partial charge in [-0.3, -0.25) is 24.5 Å². The second-order valence-corrected chi connectivity index (χ2v) is 8.61. The number of carbonyl (C=O) groups is 2. The van der Waals surface area contributed by atoms with Crippen LogP contribution in [0.5, 0.6) is 5.75 Å². The summed E-state index contributed by atoms with van der Waals surface area (Å²) in [5, 5.41) is 23.3. The number of imide groups is 1. The molecule has 3 aromatic carbocycles. The summed E-state index contributed by atoms with van der Waals surface area (Å²) in [4.78, 5) is 44.2. The summed E-state index contributed by atoms with van der Waals surface area (Å²) in [5.41, 5.74) is 0.781. The number of hydrogen-bond acceptors (Lipinski definition) is 7. The number of aromatic hydroxyl groups is 1. The van der Waals surface area contributed by atoms with Crippen molar-refractivity contribution in [1.29, 1.82) is 0 Å². The maximum atomic E-state index is 13.6. The van der Waals surface area contributed by atoms with Gasteiger partial charge in [0.15, 0.2) is 6.10 Å². The quantitative estimate of drug-likeness (QED) is 0.315. The van der Waals surface area contributed by atoms with Gasteiger partial charge in [-0.1, -0.05) is 41.4 Å². The molecule has 34 heavy (non-hydrogen) atoms. The van der Waals surface area contributed by atoms with Gasteiger partial charge in [-0.25, -0.2) is 9.96 Å². The second kappa shape index (κ2) is 8.28. The topological polar surface area (TPSA) is 113 Å². The minimum atomic E-state index is -1.19. The highest BCUT2D eigenvalue weighted by Gasteiger charge is 2.60. The Hall–Kier alpha value is -3.66. The zero-order chi connectivity index (χ0) is 24.1. The molecule has 2 amide bonds. The molecule has 2 fully saturated rings. The van der Waals surface area contributed by atoms with Crippen LogP contribution in [0.4, 0.5) is 17.1 Å². The molecule has 0 spiro atoms. The lowest BCUT2D eigenvalue weighted by molar-refractivity contribution is -0.384. The van der Waals surface area contributed by atoms with Crippen LogP contribution in [0.2, 0.25) is 10.0 Å². The smallest absolute Gasteiger partial charge is 0.269 e. The first-order valence-corrected chi connectivity index (χ1v) is 10.8. The maximum absolute atomic E-state index is 13.6. The highest BCUT2D eigenvalue weighted by molar-refractivity contribution is 6.35. The number of phenolic OH excluding ortho intramolecular Hbond substituents is 1. The number of nitro groups is 1. The molecule has 3 atom stereocenters. The summed E-state index contributed by atoms with van der Waals surface area (Å²) in [6.07, 6.45) is -1.19. The molecule has 2 aliphatic rings. The van der Waals surface area contributed by atoms with Crippen LogP contribution in [0.3, 0.4) is 0 Å². The number of amides is 2. The summed E-state index contributed by atoms with van der Waals surface area (Å²) in [5.74, 6) is -2.53. The number of carbonyl (C=O) groups excluding carboxylic acids is 2. The van der Waals surface area contributed by atoms with Crippen molar-refractivity contribution in [1.82, 2.24) is 0 Å². The Morgan fingerprint density at radius 2 is 1.62 bits per heavy atom. The SMILES string of the molecule is O=C1[C@@H]2[C@@H](ON(c3ccccc3)[C@H]2c2cc(Cl)cc(Cl)c2O)C(=O)N1c1ccc([N+](=O)[O-])cc1.